The lowest BCUT2D eigenvalue weighted by molar-refractivity contribution is -0.130. The smallest absolute Gasteiger partial charge is 0.259 e. The second kappa shape index (κ2) is 7.98. The molecule has 0 aliphatic heterocycles. The largest absolute Gasteiger partial charge is 0.483 e. The first kappa shape index (κ1) is 16.5. The maximum Gasteiger partial charge on any atom is 0.259 e. The molecule has 0 radical (unpaired) electrons. The number of likely N-dealkylation sites (N-methyl/N-ethyl adjacent to an activating group) is 1. The van der Waals surface area contributed by atoms with E-state index in [1.165, 1.54) is 4.90 Å². The lowest BCUT2D eigenvalue weighted by Crippen LogP contribution is -2.28. The van der Waals surface area contributed by atoms with Gasteiger partial charge in [-0.2, -0.15) is 0 Å². The van der Waals surface area contributed by atoms with Crippen molar-refractivity contribution < 1.29 is 14.3 Å². The molecule has 0 atom stereocenters. The predicted molar refractivity (Wildman–Crippen MR) is 88.2 cm³/mol. The van der Waals surface area contributed by atoms with E-state index in [-0.39, 0.29) is 18.4 Å². The number of nitrogens with zero attached hydrogens (tertiary/aromatic N) is 1. The van der Waals surface area contributed by atoms with Gasteiger partial charge in [-0.1, -0.05) is 42.5 Å². The van der Waals surface area contributed by atoms with Crippen LogP contribution in [-0.2, 0) is 11.3 Å². The van der Waals surface area contributed by atoms with Crippen LogP contribution in [0.15, 0.2) is 54.6 Å². The maximum absolute atomic E-state index is 12.3. The van der Waals surface area contributed by atoms with Gasteiger partial charge in [0.15, 0.2) is 6.61 Å². The number of hydrogen-bond donors (Lipinski definition) is 1. The first-order valence-corrected chi connectivity index (χ1v) is 7.32. The molecule has 2 aromatic rings. The monoisotopic (exact) mass is 312 g/mol. The summed E-state index contributed by atoms with van der Waals surface area (Å²) in [6, 6.07) is 16.5. The molecule has 0 fully saturated rings. The number of hydrogen-bond acceptors (Lipinski definition) is 3. The maximum atomic E-state index is 12.3. The van der Waals surface area contributed by atoms with E-state index in [4.69, 9.17) is 4.74 Å². The molecule has 2 aromatic carbocycles. The highest BCUT2D eigenvalue weighted by Crippen LogP contribution is 2.18. The van der Waals surface area contributed by atoms with E-state index in [0.717, 1.165) is 5.56 Å². The average Bonchev–Trinajstić information content (AvgIpc) is 2.58. The predicted octanol–water partition coefficient (Wildman–Crippen LogP) is 2.08. The minimum Gasteiger partial charge on any atom is -0.483 e. The first-order valence-electron chi connectivity index (χ1n) is 7.32. The van der Waals surface area contributed by atoms with Crippen LogP contribution in [0.1, 0.15) is 15.9 Å². The number of benzene rings is 2. The molecule has 120 valence electrons. The summed E-state index contributed by atoms with van der Waals surface area (Å²) in [6.07, 6.45) is 0. The number of amides is 2. The van der Waals surface area contributed by atoms with E-state index < -0.39 is 0 Å². The van der Waals surface area contributed by atoms with Crippen molar-refractivity contribution in [1.29, 1.82) is 0 Å². The second-order valence-corrected chi connectivity index (χ2v) is 5.24. The van der Waals surface area contributed by atoms with Crippen LogP contribution in [0.2, 0.25) is 0 Å². The number of nitrogens with one attached hydrogen (secondary N) is 1. The Labute approximate surface area is 135 Å². The lowest BCUT2D eigenvalue weighted by atomic mass is 10.1. The van der Waals surface area contributed by atoms with E-state index >= 15 is 0 Å². The van der Waals surface area contributed by atoms with Gasteiger partial charge in [-0.3, -0.25) is 9.59 Å². The fraction of sp³-hybridized carbons (Fsp3) is 0.222. The Kier molecular flexibility index (Phi) is 5.74. The molecule has 1 N–H and O–H groups in total. The minimum atomic E-state index is -0.234. The van der Waals surface area contributed by atoms with E-state index in [1.807, 2.05) is 30.3 Å². The summed E-state index contributed by atoms with van der Waals surface area (Å²) >= 11 is 0. The third kappa shape index (κ3) is 4.85. The van der Waals surface area contributed by atoms with Crippen LogP contribution in [0.5, 0.6) is 5.75 Å². The van der Waals surface area contributed by atoms with Crippen molar-refractivity contribution in [3.05, 3.63) is 65.7 Å². The molecule has 0 aliphatic rings. The average molecular weight is 312 g/mol. The topological polar surface area (TPSA) is 58.6 Å². The highest BCUT2D eigenvalue weighted by molar-refractivity contribution is 5.97. The van der Waals surface area contributed by atoms with Gasteiger partial charge < -0.3 is 15.0 Å². The molecular weight excluding hydrogens is 292 g/mol. The Morgan fingerprint density at radius 2 is 1.65 bits per heavy atom. The first-order chi connectivity index (χ1) is 11.1. The van der Waals surface area contributed by atoms with Gasteiger partial charge in [0.1, 0.15) is 5.75 Å². The third-order valence-corrected chi connectivity index (χ3v) is 3.28. The summed E-state index contributed by atoms with van der Waals surface area (Å²) in [5, 5.41) is 2.85. The van der Waals surface area contributed by atoms with Crippen LogP contribution in [0.25, 0.3) is 0 Å². The molecule has 0 spiro atoms. The zero-order valence-corrected chi connectivity index (χ0v) is 13.3. The summed E-state index contributed by atoms with van der Waals surface area (Å²) in [4.78, 5) is 25.4. The minimum absolute atomic E-state index is 0.101. The van der Waals surface area contributed by atoms with Crippen LogP contribution in [0.3, 0.4) is 0 Å². The van der Waals surface area contributed by atoms with Crippen LogP contribution in [0.4, 0.5) is 0 Å². The molecule has 23 heavy (non-hydrogen) atoms. The summed E-state index contributed by atoms with van der Waals surface area (Å²) in [5.74, 6) is -0.000450. The lowest BCUT2D eigenvalue weighted by Gasteiger charge is -2.14. The van der Waals surface area contributed by atoms with Crippen molar-refractivity contribution in [2.45, 2.75) is 6.54 Å². The van der Waals surface area contributed by atoms with Gasteiger partial charge in [-0.25, -0.2) is 0 Å². The molecule has 5 heteroatoms. The van der Waals surface area contributed by atoms with E-state index in [2.05, 4.69) is 5.32 Å². The van der Waals surface area contributed by atoms with Crippen molar-refractivity contribution in [3.63, 3.8) is 0 Å². The van der Waals surface area contributed by atoms with Crippen LogP contribution in [-0.4, -0.2) is 37.4 Å². The fourth-order valence-electron chi connectivity index (χ4n) is 1.92. The number of carbonyl (C=O) groups excluding carboxylic acids is 2. The van der Waals surface area contributed by atoms with Crippen LogP contribution < -0.4 is 10.1 Å². The van der Waals surface area contributed by atoms with Gasteiger partial charge >= 0.3 is 0 Å². The molecular formula is C18H20N2O3. The van der Waals surface area contributed by atoms with Crippen molar-refractivity contribution in [2.24, 2.45) is 0 Å². The third-order valence-electron chi connectivity index (χ3n) is 3.28. The number of carbonyl (C=O) groups is 2. The molecule has 0 saturated heterocycles. The molecule has 0 heterocycles. The van der Waals surface area contributed by atoms with Crippen molar-refractivity contribution >= 4 is 11.8 Å². The highest BCUT2D eigenvalue weighted by Gasteiger charge is 2.13. The summed E-state index contributed by atoms with van der Waals surface area (Å²) in [5.41, 5.74) is 1.43. The van der Waals surface area contributed by atoms with Gasteiger partial charge in [0.2, 0.25) is 0 Å². The quantitative estimate of drug-likeness (QED) is 0.888. The molecule has 5 nitrogen and oxygen atoms in total. The Bertz CT molecular complexity index is 669. The summed E-state index contributed by atoms with van der Waals surface area (Å²) in [7, 11) is 3.31. The summed E-state index contributed by atoms with van der Waals surface area (Å²) in [6.45, 7) is 0.334. The SMILES string of the molecule is CN(C)C(=O)COc1ccccc1C(=O)NCc1ccccc1. The highest BCUT2D eigenvalue weighted by atomic mass is 16.5. The normalized spacial score (nSPS) is 10.0. The number of ether oxygens (including phenoxy) is 1. The second-order valence-electron chi connectivity index (χ2n) is 5.24. The molecule has 0 aromatic heterocycles. The Morgan fingerprint density at radius 1 is 1.00 bits per heavy atom. The van der Waals surface area contributed by atoms with Crippen molar-refractivity contribution in [1.82, 2.24) is 10.2 Å². The summed E-state index contributed by atoms with van der Waals surface area (Å²) < 4.78 is 5.48. The standard InChI is InChI=1S/C18H20N2O3/c1-20(2)17(21)13-23-16-11-7-6-10-15(16)18(22)19-12-14-8-4-3-5-9-14/h3-11H,12-13H2,1-2H3,(H,19,22). The van der Waals surface area contributed by atoms with Crippen molar-refractivity contribution in [3.8, 4) is 5.75 Å². The molecule has 2 rings (SSSR count). The number of rotatable bonds is 6. The van der Waals surface area contributed by atoms with Crippen molar-refractivity contribution in [2.75, 3.05) is 20.7 Å². The Balaban J connectivity index is 2.01. The fourth-order valence-corrected chi connectivity index (χ4v) is 1.92. The molecule has 0 aliphatic carbocycles. The zero-order valence-electron chi connectivity index (χ0n) is 13.3. The Morgan fingerprint density at radius 3 is 2.35 bits per heavy atom. The molecule has 0 unspecified atom stereocenters. The van der Waals surface area contributed by atoms with E-state index in [1.54, 1.807) is 38.4 Å². The molecule has 0 bridgehead atoms. The van der Waals surface area contributed by atoms with Gasteiger partial charge in [0.05, 0.1) is 5.56 Å². The van der Waals surface area contributed by atoms with E-state index in [0.29, 0.717) is 17.9 Å². The van der Waals surface area contributed by atoms with Crippen LogP contribution in [0, 0.1) is 0 Å². The Hall–Kier alpha value is -2.82. The number of para-hydroxylation sites is 1. The molecule has 0 saturated carbocycles. The van der Waals surface area contributed by atoms with Crippen LogP contribution >= 0.6 is 0 Å². The zero-order chi connectivity index (χ0) is 16.7. The van der Waals surface area contributed by atoms with Gasteiger partial charge in [-0.15, -0.1) is 0 Å². The van der Waals surface area contributed by atoms with Gasteiger partial charge in [-0.05, 0) is 17.7 Å². The van der Waals surface area contributed by atoms with E-state index in [9.17, 15) is 9.59 Å². The van der Waals surface area contributed by atoms with Gasteiger partial charge in [0, 0.05) is 20.6 Å². The van der Waals surface area contributed by atoms with Gasteiger partial charge in [0.25, 0.3) is 11.8 Å². The molecule has 2 amide bonds.